The summed E-state index contributed by atoms with van der Waals surface area (Å²) in [7, 11) is 0. The molecular formula is C20H28N4. The average molecular weight is 324 g/mol. The fourth-order valence-corrected chi connectivity index (χ4v) is 3.16. The van der Waals surface area contributed by atoms with E-state index in [2.05, 4.69) is 56.1 Å². The Balaban J connectivity index is 1.99. The maximum Gasteiger partial charge on any atom is 0.163 e. The van der Waals surface area contributed by atoms with Crippen LogP contribution in [-0.2, 0) is 0 Å². The fourth-order valence-electron chi connectivity index (χ4n) is 3.16. The summed E-state index contributed by atoms with van der Waals surface area (Å²) in [5.41, 5.74) is 1.02. The number of piperidine rings is 1. The van der Waals surface area contributed by atoms with E-state index < -0.39 is 0 Å². The van der Waals surface area contributed by atoms with Crippen LogP contribution >= 0.6 is 0 Å². The molecule has 1 aliphatic rings. The van der Waals surface area contributed by atoms with E-state index in [1.165, 1.54) is 12.8 Å². The van der Waals surface area contributed by atoms with Gasteiger partial charge in [0, 0.05) is 30.3 Å². The second-order valence-corrected chi connectivity index (χ2v) is 7.87. The molecule has 1 N–H and O–H groups in total. The molecule has 1 aromatic carbocycles. The first kappa shape index (κ1) is 16.7. The molecule has 1 saturated heterocycles. The lowest BCUT2D eigenvalue weighted by molar-refractivity contribution is 0.444. The summed E-state index contributed by atoms with van der Waals surface area (Å²) in [5.74, 6) is 3.43. The van der Waals surface area contributed by atoms with Crippen LogP contribution in [0.15, 0.2) is 36.4 Å². The monoisotopic (exact) mass is 324 g/mol. The van der Waals surface area contributed by atoms with Gasteiger partial charge >= 0.3 is 0 Å². The van der Waals surface area contributed by atoms with Gasteiger partial charge in [-0.05, 0) is 39.5 Å². The predicted octanol–water partition coefficient (Wildman–Crippen LogP) is 4.59. The summed E-state index contributed by atoms with van der Waals surface area (Å²) in [6, 6.07) is 12.3. The van der Waals surface area contributed by atoms with E-state index in [0.717, 1.165) is 36.1 Å². The van der Waals surface area contributed by atoms with Gasteiger partial charge in [-0.1, -0.05) is 37.3 Å². The van der Waals surface area contributed by atoms with Crippen molar-refractivity contribution in [1.29, 1.82) is 0 Å². The van der Waals surface area contributed by atoms with Crippen LogP contribution in [0.5, 0.6) is 0 Å². The number of hydrogen-bond donors (Lipinski definition) is 1. The highest BCUT2D eigenvalue weighted by molar-refractivity contribution is 5.62. The third-order valence-electron chi connectivity index (χ3n) is 4.23. The predicted molar refractivity (Wildman–Crippen MR) is 101 cm³/mol. The topological polar surface area (TPSA) is 41.0 Å². The molecule has 0 radical (unpaired) electrons. The Hall–Kier alpha value is -2.10. The zero-order valence-electron chi connectivity index (χ0n) is 15.2. The summed E-state index contributed by atoms with van der Waals surface area (Å²) < 4.78 is 0. The SMILES string of the molecule is CC1CCCN(c2cc(NC(C)(C)C)nc(-c3ccccc3)n2)C1. The highest BCUT2D eigenvalue weighted by atomic mass is 15.2. The zero-order chi connectivity index (χ0) is 17.2. The van der Waals surface area contributed by atoms with Crippen molar-refractivity contribution in [3.8, 4) is 11.4 Å². The molecule has 24 heavy (non-hydrogen) atoms. The summed E-state index contributed by atoms with van der Waals surface area (Å²) in [5, 5.41) is 3.50. The molecule has 128 valence electrons. The van der Waals surface area contributed by atoms with Gasteiger partial charge in [-0.3, -0.25) is 0 Å². The third kappa shape index (κ3) is 4.25. The van der Waals surface area contributed by atoms with Crippen molar-refractivity contribution in [3.63, 3.8) is 0 Å². The Morgan fingerprint density at radius 1 is 1.12 bits per heavy atom. The second-order valence-electron chi connectivity index (χ2n) is 7.87. The highest BCUT2D eigenvalue weighted by Crippen LogP contribution is 2.27. The molecule has 0 amide bonds. The van der Waals surface area contributed by atoms with Crippen LogP contribution in [0, 0.1) is 5.92 Å². The number of aromatic nitrogens is 2. The van der Waals surface area contributed by atoms with Gasteiger partial charge < -0.3 is 10.2 Å². The van der Waals surface area contributed by atoms with Crippen LogP contribution in [0.2, 0.25) is 0 Å². The molecule has 1 aliphatic heterocycles. The minimum Gasteiger partial charge on any atom is -0.365 e. The van der Waals surface area contributed by atoms with Crippen molar-refractivity contribution in [2.75, 3.05) is 23.3 Å². The van der Waals surface area contributed by atoms with Gasteiger partial charge in [0.15, 0.2) is 5.82 Å². The standard InChI is InChI=1S/C20H28N4/c1-15-9-8-12-24(14-15)18-13-17(23-20(2,3)4)21-19(22-18)16-10-6-5-7-11-16/h5-7,10-11,13,15H,8-9,12,14H2,1-4H3,(H,21,22,23). The van der Waals surface area contributed by atoms with Crippen LogP contribution in [-0.4, -0.2) is 28.6 Å². The van der Waals surface area contributed by atoms with E-state index in [9.17, 15) is 0 Å². The van der Waals surface area contributed by atoms with E-state index >= 15 is 0 Å². The molecule has 0 aliphatic carbocycles. The van der Waals surface area contributed by atoms with Crippen LogP contribution in [0.1, 0.15) is 40.5 Å². The number of benzene rings is 1. The molecular weight excluding hydrogens is 296 g/mol. The van der Waals surface area contributed by atoms with Gasteiger partial charge in [0.25, 0.3) is 0 Å². The van der Waals surface area contributed by atoms with Gasteiger partial charge in [0.05, 0.1) is 0 Å². The van der Waals surface area contributed by atoms with Crippen LogP contribution in [0.3, 0.4) is 0 Å². The smallest absolute Gasteiger partial charge is 0.163 e. The molecule has 2 heterocycles. The molecule has 1 unspecified atom stereocenters. The molecule has 0 saturated carbocycles. The Bertz CT molecular complexity index is 676. The van der Waals surface area contributed by atoms with Gasteiger partial charge in [0.1, 0.15) is 11.6 Å². The Morgan fingerprint density at radius 2 is 1.88 bits per heavy atom. The number of nitrogens with one attached hydrogen (secondary N) is 1. The highest BCUT2D eigenvalue weighted by Gasteiger charge is 2.20. The first-order chi connectivity index (χ1) is 11.4. The average Bonchev–Trinajstić information content (AvgIpc) is 2.54. The van der Waals surface area contributed by atoms with E-state index in [0.29, 0.717) is 5.92 Å². The van der Waals surface area contributed by atoms with Gasteiger partial charge in [-0.2, -0.15) is 0 Å². The molecule has 4 heteroatoms. The largest absolute Gasteiger partial charge is 0.365 e. The Morgan fingerprint density at radius 3 is 2.54 bits per heavy atom. The first-order valence-electron chi connectivity index (χ1n) is 8.88. The first-order valence-corrected chi connectivity index (χ1v) is 8.88. The fraction of sp³-hybridized carbons (Fsp3) is 0.500. The van der Waals surface area contributed by atoms with Crippen LogP contribution in [0.4, 0.5) is 11.6 Å². The van der Waals surface area contributed by atoms with E-state index in [1.54, 1.807) is 0 Å². The molecule has 1 fully saturated rings. The van der Waals surface area contributed by atoms with Crippen LogP contribution in [0.25, 0.3) is 11.4 Å². The van der Waals surface area contributed by atoms with E-state index in [1.807, 2.05) is 18.2 Å². The Kier molecular flexibility index (Phi) is 4.74. The van der Waals surface area contributed by atoms with Gasteiger partial charge in [-0.15, -0.1) is 0 Å². The third-order valence-corrected chi connectivity index (χ3v) is 4.23. The maximum atomic E-state index is 4.87. The van der Waals surface area contributed by atoms with E-state index in [-0.39, 0.29) is 5.54 Å². The number of anilines is 2. The lowest BCUT2D eigenvalue weighted by atomic mass is 10.0. The molecule has 0 bridgehead atoms. The van der Waals surface area contributed by atoms with Crippen molar-refractivity contribution in [2.24, 2.45) is 5.92 Å². The minimum absolute atomic E-state index is 0.0330. The molecule has 1 aromatic heterocycles. The summed E-state index contributed by atoms with van der Waals surface area (Å²) in [6.07, 6.45) is 2.54. The number of hydrogen-bond acceptors (Lipinski definition) is 4. The Labute approximate surface area is 145 Å². The minimum atomic E-state index is -0.0330. The summed E-state index contributed by atoms with van der Waals surface area (Å²) in [6.45, 7) is 10.9. The number of rotatable bonds is 3. The van der Waals surface area contributed by atoms with Crippen LogP contribution < -0.4 is 10.2 Å². The normalized spacial score (nSPS) is 18.5. The second kappa shape index (κ2) is 6.80. The van der Waals surface area contributed by atoms with Crippen molar-refractivity contribution in [2.45, 2.75) is 46.1 Å². The molecule has 0 spiro atoms. The van der Waals surface area contributed by atoms with E-state index in [4.69, 9.17) is 9.97 Å². The molecule has 1 atom stereocenters. The molecule has 4 nitrogen and oxygen atoms in total. The zero-order valence-corrected chi connectivity index (χ0v) is 15.2. The number of nitrogens with zero attached hydrogens (tertiary/aromatic N) is 3. The van der Waals surface area contributed by atoms with Gasteiger partial charge in [0.2, 0.25) is 0 Å². The lowest BCUT2D eigenvalue weighted by Crippen LogP contribution is -2.35. The van der Waals surface area contributed by atoms with Gasteiger partial charge in [-0.25, -0.2) is 9.97 Å². The van der Waals surface area contributed by atoms with Crippen molar-refractivity contribution >= 4 is 11.6 Å². The summed E-state index contributed by atoms with van der Waals surface area (Å²) >= 11 is 0. The quantitative estimate of drug-likeness (QED) is 0.896. The van der Waals surface area contributed by atoms with Crippen molar-refractivity contribution in [1.82, 2.24) is 9.97 Å². The lowest BCUT2D eigenvalue weighted by Gasteiger charge is -2.32. The summed E-state index contributed by atoms with van der Waals surface area (Å²) in [4.78, 5) is 12.0. The molecule has 2 aromatic rings. The van der Waals surface area contributed by atoms with Crippen molar-refractivity contribution < 1.29 is 0 Å². The maximum absolute atomic E-state index is 4.87. The van der Waals surface area contributed by atoms with Crippen molar-refractivity contribution in [3.05, 3.63) is 36.4 Å². The molecule has 3 rings (SSSR count).